The van der Waals surface area contributed by atoms with Gasteiger partial charge in [-0.3, -0.25) is 4.79 Å². The van der Waals surface area contributed by atoms with E-state index in [1.54, 1.807) is 13.8 Å². The number of phenolic OH excluding ortho intramolecular Hbond substituents is 1. The van der Waals surface area contributed by atoms with Gasteiger partial charge in [-0.2, -0.15) is 0 Å². The molecule has 1 aromatic rings. The molecular formula is C13H18ClN3O3. The molecular weight excluding hydrogens is 282 g/mol. The van der Waals surface area contributed by atoms with Crippen molar-refractivity contribution in [3.8, 4) is 5.75 Å². The van der Waals surface area contributed by atoms with Crippen molar-refractivity contribution in [2.75, 3.05) is 13.1 Å². The molecule has 0 aliphatic carbocycles. The predicted octanol–water partition coefficient (Wildman–Crippen LogP) is 1.89. The third-order valence-electron chi connectivity index (χ3n) is 2.97. The smallest absolute Gasteiger partial charge is 0.257 e. The summed E-state index contributed by atoms with van der Waals surface area (Å²) in [7, 11) is 0. The first-order valence-electron chi connectivity index (χ1n) is 6.15. The molecule has 6 nitrogen and oxygen atoms in total. The lowest BCUT2D eigenvalue weighted by Crippen LogP contribution is -2.38. The number of carbonyl (C=O) groups excluding carboxylic acids is 1. The topological polar surface area (TPSA) is 99.1 Å². The van der Waals surface area contributed by atoms with Crippen LogP contribution in [0.3, 0.4) is 0 Å². The molecule has 4 N–H and O–H groups in total. The van der Waals surface area contributed by atoms with E-state index in [1.807, 2.05) is 0 Å². The second kappa shape index (κ2) is 7.00. The summed E-state index contributed by atoms with van der Waals surface area (Å²) < 4.78 is 0. The first-order valence-corrected chi connectivity index (χ1v) is 6.53. The first kappa shape index (κ1) is 16.1. The van der Waals surface area contributed by atoms with E-state index in [9.17, 15) is 9.90 Å². The third kappa shape index (κ3) is 3.77. The van der Waals surface area contributed by atoms with Gasteiger partial charge in [0.15, 0.2) is 0 Å². The van der Waals surface area contributed by atoms with Crippen molar-refractivity contribution in [3.05, 3.63) is 28.8 Å². The van der Waals surface area contributed by atoms with Crippen LogP contribution in [0.2, 0.25) is 5.02 Å². The molecule has 0 spiro atoms. The molecule has 110 valence electrons. The number of hydrogen-bond acceptors (Lipinski definition) is 4. The van der Waals surface area contributed by atoms with Gasteiger partial charge in [0.2, 0.25) is 0 Å². The number of oxime groups is 1. The SMILES string of the molecule is CCN(CC(C)C(N)=NO)C(=O)c1cc(Cl)ccc1O. The molecule has 20 heavy (non-hydrogen) atoms. The van der Waals surface area contributed by atoms with Gasteiger partial charge < -0.3 is 20.9 Å². The quantitative estimate of drug-likeness (QED) is 0.334. The van der Waals surface area contributed by atoms with Crippen LogP contribution in [0.5, 0.6) is 5.75 Å². The molecule has 1 unspecified atom stereocenters. The van der Waals surface area contributed by atoms with Crippen molar-refractivity contribution in [2.45, 2.75) is 13.8 Å². The summed E-state index contributed by atoms with van der Waals surface area (Å²) in [6.45, 7) is 4.24. The van der Waals surface area contributed by atoms with Gasteiger partial charge in [0.25, 0.3) is 5.91 Å². The zero-order valence-electron chi connectivity index (χ0n) is 11.4. The van der Waals surface area contributed by atoms with E-state index < -0.39 is 0 Å². The lowest BCUT2D eigenvalue weighted by atomic mass is 10.1. The van der Waals surface area contributed by atoms with Crippen LogP contribution in [0.15, 0.2) is 23.4 Å². The maximum absolute atomic E-state index is 12.4. The summed E-state index contributed by atoms with van der Waals surface area (Å²) in [5.74, 6) is -0.740. The van der Waals surface area contributed by atoms with Gasteiger partial charge in [-0.15, -0.1) is 0 Å². The van der Waals surface area contributed by atoms with Crippen molar-refractivity contribution in [1.82, 2.24) is 4.90 Å². The van der Waals surface area contributed by atoms with Crippen LogP contribution in [-0.2, 0) is 0 Å². The average Bonchev–Trinajstić information content (AvgIpc) is 2.45. The van der Waals surface area contributed by atoms with Crippen LogP contribution < -0.4 is 5.73 Å². The monoisotopic (exact) mass is 299 g/mol. The van der Waals surface area contributed by atoms with Crippen molar-refractivity contribution < 1.29 is 15.1 Å². The Bertz CT molecular complexity index is 520. The number of nitrogens with two attached hydrogens (primary N) is 1. The van der Waals surface area contributed by atoms with E-state index in [-0.39, 0.29) is 35.5 Å². The Kier molecular flexibility index (Phi) is 5.64. The molecule has 7 heteroatoms. The Hall–Kier alpha value is -1.95. The number of amides is 1. The Morgan fingerprint density at radius 1 is 1.55 bits per heavy atom. The highest BCUT2D eigenvalue weighted by atomic mass is 35.5. The van der Waals surface area contributed by atoms with Gasteiger partial charge in [0.1, 0.15) is 11.6 Å². The zero-order valence-corrected chi connectivity index (χ0v) is 12.1. The number of carbonyl (C=O) groups is 1. The van der Waals surface area contributed by atoms with Gasteiger partial charge in [-0.1, -0.05) is 23.7 Å². The van der Waals surface area contributed by atoms with E-state index in [0.29, 0.717) is 11.6 Å². The highest BCUT2D eigenvalue weighted by Crippen LogP contribution is 2.23. The highest BCUT2D eigenvalue weighted by Gasteiger charge is 2.21. The Balaban J connectivity index is 2.95. The van der Waals surface area contributed by atoms with Gasteiger partial charge >= 0.3 is 0 Å². The summed E-state index contributed by atoms with van der Waals surface area (Å²) >= 11 is 5.83. The standard InChI is InChI=1S/C13H18ClN3O3/c1-3-17(7-8(2)12(15)16-20)13(19)10-6-9(14)4-5-11(10)18/h4-6,8,18,20H,3,7H2,1-2H3,(H2,15,16). The molecule has 0 aromatic heterocycles. The number of aromatic hydroxyl groups is 1. The molecule has 0 fully saturated rings. The minimum Gasteiger partial charge on any atom is -0.507 e. The molecule has 0 saturated carbocycles. The van der Waals surface area contributed by atoms with Crippen LogP contribution in [0.1, 0.15) is 24.2 Å². The van der Waals surface area contributed by atoms with E-state index >= 15 is 0 Å². The van der Waals surface area contributed by atoms with E-state index in [1.165, 1.54) is 23.1 Å². The maximum atomic E-state index is 12.4. The number of nitrogens with zero attached hydrogens (tertiary/aromatic N) is 2. The van der Waals surface area contributed by atoms with Crippen LogP contribution in [0.25, 0.3) is 0 Å². The molecule has 1 atom stereocenters. The molecule has 0 radical (unpaired) electrons. The average molecular weight is 300 g/mol. The fourth-order valence-electron chi connectivity index (χ4n) is 1.73. The number of amidine groups is 1. The molecule has 0 aliphatic heterocycles. The molecule has 1 aromatic carbocycles. The lowest BCUT2D eigenvalue weighted by molar-refractivity contribution is 0.0751. The van der Waals surface area contributed by atoms with E-state index in [2.05, 4.69) is 5.16 Å². The molecule has 1 rings (SSSR count). The van der Waals surface area contributed by atoms with Gasteiger partial charge in [-0.05, 0) is 25.1 Å². The van der Waals surface area contributed by atoms with Crippen molar-refractivity contribution in [1.29, 1.82) is 0 Å². The summed E-state index contributed by atoms with van der Waals surface area (Å²) in [5, 5.41) is 21.7. The van der Waals surface area contributed by atoms with E-state index in [4.69, 9.17) is 22.5 Å². The van der Waals surface area contributed by atoms with Crippen molar-refractivity contribution >= 4 is 23.3 Å². The number of rotatable bonds is 5. The summed E-state index contributed by atoms with van der Waals surface area (Å²) in [4.78, 5) is 13.9. The number of halogens is 1. The second-order valence-corrected chi connectivity index (χ2v) is 4.87. The summed E-state index contributed by atoms with van der Waals surface area (Å²) in [6, 6.07) is 4.29. The predicted molar refractivity (Wildman–Crippen MR) is 77.3 cm³/mol. The van der Waals surface area contributed by atoms with Crippen LogP contribution in [-0.4, -0.2) is 40.0 Å². The van der Waals surface area contributed by atoms with Crippen molar-refractivity contribution in [3.63, 3.8) is 0 Å². The largest absolute Gasteiger partial charge is 0.507 e. The number of phenols is 1. The fraction of sp³-hybridized carbons (Fsp3) is 0.385. The van der Waals surface area contributed by atoms with Crippen LogP contribution >= 0.6 is 11.6 Å². The Labute approximate surface area is 122 Å². The minimum atomic E-state index is -0.356. The number of benzene rings is 1. The second-order valence-electron chi connectivity index (χ2n) is 4.43. The Morgan fingerprint density at radius 2 is 2.20 bits per heavy atom. The van der Waals surface area contributed by atoms with Crippen molar-refractivity contribution in [2.24, 2.45) is 16.8 Å². The van der Waals surface area contributed by atoms with Gasteiger partial charge in [0, 0.05) is 24.0 Å². The Morgan fingerprint density at radius 3 is 2.75 bits per heavy atom. The van der Waals surface area contributed by atoms with Gasteiger partial charge in [-0.25, -0.2) is 0 Å². The molecule has 0 saturated heterocycles. The zero-order chi connectivity index (χ0) is 15.3. The molecule has 0 bridgehead atoms. The molecule has 0 heterocycles. The van der Waals surface area contributed by atoms with E-state index in [0.717, 1.165) is 0 Å². The number of hydrogen-bond donors (Lipinski definition) is 3. The molecule has 1 amide bonds. The first-order chi connectivity index (χ1) is 9.40. The maximum Gasteiger partial charge on any atom is 0.257 e. The summed E-state index contributed by atoms with van der Waals surface area (Å²) in [6.07, 6.45) is 0. The summed E-state index contributed by atoms with van der Waals surface area (Å²) in [5.41, 5.74) is 5.63. The normalized spacial score (nSPS) is 13.1. The van der Waals surface area contributed by atoms with Crippen LogP contribution in [0, 0.1) is 5.92 Å². The third-order valence-corrected chi connectivity index (χ3v) is 3.21. The fourth-order valence-corrected chi connectivity index (χ4v) is 1.90. The van der Waals surface area contributed by atoms with Crippen LogP contribution in [0.4, 0.5) is 0 Å². The van der Waals surface area contributed by atoms with Gasteiger partial charge in [0.05, 0.1) is 5.56 Å². The molecule has 0 aliphatic rings. The minimum absolute atomic E-state index is 0.0477. The highest BCUT2D eigenvalue weighted by molar-refractivity contribution is 6.31. The lowest BCUT2D eigenvalue weighted by Gasteiger charge is -2.24.